The second kappa shape index (κ2) is 9.06. The van der Waals surface area contributed by atoms with Crippen LogP contribution in [0.1, 0.15) is 30.4 Å². The maximum atomic E-state index is 12.6. The number of benzene rings is 1. The molecule has 2 N–H and O–H groups in total. The first-order valence-electron chi connectivity index (χ1n) is 8.12. The highest BCUT2D eigenvalue weighted by molar-refractivity contribution is 5.77. The fourth-order valence-corrected chi connectivity index (χ4v) is 2.60. The number of rotatable bonds is 8. The zero-order chi connectivity index (χ0) is 16.5. The van der Waals surface area contributed by atoms with Gasteiger partial charge in [-0.1, -0.05) is 43.3 Å². The average molecular weight is 311 g/mol. The fraction of sp³-hybridized carbons (Fsp3) is 0.368. The number of aromatic nitrogens is 1. The number of nitrogens with two attached hydrogens (primary N) is 1. The van der Waals surface area contributed by atoms with Gasteiger partial charge in [-0.25, -0.2) is 0 Å². The smallest absolute Gasteiger partial charge is 0.223 e. The van der Waals surface area contributed by atoms with E-state index in [1.165, 1.54) is 5.56 Å². The van der Waals surface area contributed by atoms with Gasteiger partial charge in [0.1, 0.15) is 0 Å². The summed E-state index contributed by atoms with van der Waals surface area (Å²) in [5.74, 6) is 0.316. The second-order valence-corrected chi connectivity index (χ2v) is 5.80. The Kier molecular flexibility index (Phi) is 6.76. The molecule has 0 spiro atoms. The molecule has 0 bridgehead atoms. The lowest BCUT2D eigenvalue weighted by Gasteiger charge is -2.24. The Balaban J connectivity index is 1.92. The first-order valence-corrected chi connectivity index (χ1v) is 8.12. The SMILES string of the molecule is CC(CC(=O)N(CCN)CCc1ccccc1)c1cccnc1. The van der Waals surface area contributed by atoms with E-state index < -0.39 is 0 Å². The summed E-state index contributed by atoms with van der Waals surface area (Å²) in [5, 5.41) is 0. The molecule has 1 heterocycles. The zero-order valence-electron chi connectivity index (χ0n) is 13.7. The molecule has 2 rings (SSSR count). The summed E-state index contributed by atoms with van der Waals surface area (Å²) in [7, 11) is 0. The van der Waals surface area contributed by atoms with E-state index >= 15 is 0 Å². The molecule has 0 aliphatic carbocycles. The number of hydrogen-bond donors (Lipinski definition) is 1. The van der Waals surface area contributed by atoms with Crippen molar-refractivity contribution in [3.63, 3.8) is 0 Å². The summed E-state index contributed by atoms with van der Waals surface area (Å²) in [6, 6.07) is 14.1. The van der Waals surface area contributed by atoms with E-state index in [-0.39, 0.29) is 11.8 Å². The number of hydrogen-bond acceptors (Lipinski definition) is 3. The highest BCUT2D eigenvalue weighted by Crippen LogP contribution is 2.19. The van der Waals surface area contributed by atoms with E-state index in [4.69, 9.17) is 5.73 Å². The Hall–Kier alpha value is -2.20. The van der Waals surface area contributed by atoms with Crippen molar-refractivity contribution in [3.8, 4) is 0 Å². The van der Waals surface area contributed by atoms with Gasteiger partial charge in [-0.15, -0.1) is 0 Å². The summed E-state index contributed by atoms with van der Waals surface area (Å²) in [4.78, 5) is 18.6. The van der Waals surface area contributed by atoms with Crippen LogP contribution in [0, 0.1) is 0 Å². The number of pyridine rings is 1. The number of carbonyl (C=O) groups excluding carboxylic acids is 1. The van der Waals surface area contributed by atoms with Gasteiger partial charge in [0.25, 0.3) is 0 Å². The lowest BCUT2D eigenvalue weighted by molar-refractivity contribution is -0.131. The van der Waals surface area contributed by atoms with E-state index in [9.17, 15) is 4.79 Å². The molecule has 2 aromatic rings. The number of amides is 1. The van der Waals surface area contributed by atoms with Gasteiger partial charge in [0.2, 0.25) is 5.91 Å². The van der Waals surface area contributed by atoms with E-state index in [1.54, 1.807) is 6.20 Å². The quantitative estimate of drug-likeness (QED) is 0.815. The molecular weight excluding hydrogens is 286 g/mol. The Morgan fingerprint density at radius 1 is 1.17 bits per heavy atom. The average Bonchev–Trinajstić information content (AvgIpc) is 2.60. The molecule has 1 amide bonds. The lowest BCUT2D eigenvalue weighted by atomic mass is 9.99. The first kappa shape index (κ1) is 17.2. The van der Waals surface area contributed by atoms with E-state index in [1.807, 2.05) is 41.4 Å². The normalized spacial score (nSPS) is 11.9. The summed E-state index contributed by atoms with van der Waals surface area (Å²) in [6.07, 6.45) is 4.92. The Morgan fingerprint density at radius 2 is 1.96 bits per heavy atom. The molecule has 4 nitrogen and oxygen atoms in total. The Bertz CT molecular complexity index is 586. The van der Waals surface area contributed by atoms with Gasteiger partial charge in [0, 0.05) is 38.4 Å². The molecule has 0 saturated carbocycles. The van der Waals surface area contributed by atoms with Crippen molar-refractivity contribution in [1.29, 1.82) is 0 Å². The Labute approximate surface area is 138 Å². The van der Waals surface area contributed by atoms with Gasteiger partial charge >= 0.3 is 0 Å². The largest absolute Gasteiger partial charge is 0.341 e. The van der Waals surface area contributed by atoms with E-state index in [0.717, 1.165) is 12.0 Å². The highest BCUT2D eigenvalue weighted by atomic mass is 16.2. The first-order chi connectivity index (χ1) is 11.2. The number of nitrogens with zero attached hydrogens (tertiary/aromatic N) is 2. The zero-order valence-corrected chi connectivity index (χ0v) is 13.7. The van der Waals surface area contributed by atoms with Crippen molar-refractivity contribution < 1.29 is 4.79 Å². The molecule has 4 heteroatoms. The van der Waals surface area contributed by atoms with Crippen LogP contribution in [0.3, 0.4) is 0 Å². The minimum atomic E-state index is 0.155. The van der Waals surface area contributed by atoms with Gasteiger partial charge in [0.05, 0.1) is 0 Å². The van der Waals surface area contributed by atoms with Crippen LogP contribution in [0.4, 0.5) is 0 Å². The molecule has 0 aliphatic heterocycles. The second-order valence-electron chi connectivity index (χ2n) is 5.80. The van der Waals surface area contributed by atoms with Gasteiger partial charge in [0.15, 0.2) is 0 Å². The summed E-state index contributed by atoms with van der Waals surface area (Å²) in [5.41, 5.74) is 8.01. The lowest BCUT2D eigenvalue weighted by Crippen LogP contribution is -2.37. The van der Waals surface area contributed by atoms with Crippen molar-refractivity contribution >= 4 is 5.91 Å². The predicted octanol–water partition coefficient (Wildman–Crippen LogP) is 2.61. The van der Waals surface area contributed by atoms with E-state index in [0.29, 0.717) is 26.1 Å². The molecule has 0 fully saturated rings. The van der Waals surface area contributed by atoms with Crippen LogP contribution in [0.25, 0.3) is 0 Å². The molecule has 0 saturated heterocycles. The molecule has 122 valence electrons. The maximum absolute atomic E-state index is 12.6. The van der Waals surface area contributed by atoms with Crippen LogP contribution in [-0.4, -0.2) is 35.4 Å². The van der Waals surface area contributed by atoms with Gasteiger partial charge in [-0.2, -0.15) is 0 Å². The minimum Gasteiger partial charge on any atom is -0.341 e. The molecular formula is C19H25N3O. The third-order valence-electron chi connectivity index (χ3n) is 4.00. The van der Waals surface area contributed by atoms with Crippen molar-refractivity contribution in [2.75, 3.05) is 19.6 Å². The Morgan fingerprint density at radius 3 is 2.61 bits per heavy atom. The maximum Gasteiger partial charge on any atom is 0.223 e. The molecule has 0 radical (unpaired) electrons. The molecule has 23 heavy (non-hydrogen) atoms. The van der Waals surface area contributed by atoms with Crippen molar-refractivity contribution in [2.24, 2.45) is 5.73 Å². The summed E-state index contributed by atoms with van der Waals surface area (Å²) in [6.45, 7) is 3.86. The standard InChI is InChI=1S/C19H25N3O/c1-16(18-8-5-11-21-15-18)14-19(23)22(13-10-20)12-9-17-6-3-2-4-7-17/h2-8,11,15-16H,9-10,12-14,20H2,1H3. The highest BCUT2D eigenvalue weighted by Gasteiger charge is 2.17. The third kappa shape index (κ3) is 5.49. The topological polar surface area (TPSA) is 59.2 Å². The van der Waals surface area contributed by atoms with Crippen molar-refractivity contribution in [3.05, 3.63) is 66.0 Å². The molecule has 1 unspecified atom stereocenters. The summed E-state index contributed by atoms with van der Waals surface area (Å²) >= 11 is 0. The van der Waals surface area contributed by atoms with Crippen LogP contribution in [0.2, 0.25) is 0 Å². The van der Waals surface area contributed by atoms with Crippen LogP contribution in [-0.2, 0) is 11.2 Å². The van der Waals surface area contributed by atoms with Crippen LogP contribution < -0.4 is 5.73 Å². The van der Waals surface area contributed by atoms with Gasteiger partial charge in [-0.05, 0) is 29.5 Å². The monoisotopic (exact) mass is 311 g/mol. The van der Waals surface area contributed by atoms with Crippen LogP contribution >= 0.6 is 0 Å². The summed E-state index contributed by atoms with van der Waals surface area (Å²) < 4.78 is 0. The predicted molar refractivity (Wildman–Crippen MR) is 93.0 cm³/mol. The molecule has 1 aromatic carbocycles. The number of carbonyl (C=O) groups is 1. The van der Waals surface area contributed by atoms with E-state index in [2.05, 4.69) is 24.0 Å². The van der Waals surface area contributed by atoms with Crippen LogP contribution in [0.5, 0.6) is 0 Å². The third-order valence-corrected chi connectivity index (χ3v) is 4.00. The molecule has 1 atom stereocenters. The van der Waals surface area contributed by atoms with Gasteiger partial charge < -0.3 is 10.6 Å². The minimum absolute atomic E-state index is 0.155. The van der Waals surface area contributed by atoms with Crippen LogP contribution in [0.15, 0.2) is 54.9 Å². The van der Waals surface area contributed by atoms with Crippen molar-refractivity contribution in [1.82, 2.24) is 9.88 Å². The van der Waals surface area contributed by atoms with Crippen molar-refractivity contribution in [2.45, 2.75) is 25.7 Å². The molecule has 0 aliphatic rings. The fourth-order valence-electron chi connectivity index (χ4n) is 2.60. The molecule has 1 aromatic heterocycles. The van der Waals surface area contributed by atoms with Gasteiger partial charge in [-0.3, -0.25) is 9.78 Å².